The Morgan fingerprint density at radius 3 is 2.73 bits per heavy atom. The van der Waals surface area contributed by atoms with E-state index in [1.165, 1.54) is 17.7 Å². The lowest BCUT2D eigenvalue weighted by Crippen LogP contribution is -2.16. The number of nitriles is 1. The number of halogens is 1. The van der Waals surface area contributed by atoms with E-state index in [1.807, 2.05) is 39.8 Å². The molecule has 0 radical (unpaired) electrons. The molecule has 0 atom stereocenters. The molecule has 1 saturated carbocycles. The first-order chi connectivity index (χ1) is 18.2. The molecule has 0 saturated heterocycles. The van der Waals surface area contributed by atoms with Gasteiger partial charge in [0.2, 0.25) is 0 Å². The number of aromatic nitrogens is 5. The maximum atomic E-state index is 13.6. The van der Waals surface area contributed by atoms with Crippen molar-refractivity contribution in [3.63, 3.8) is 0 Å². The molecule has 0 unspecified atom stereocenters. The fraction of sp³-hybridized carbons (Fsp3) is 0.310. The monoisotopic (exact) mass is 493 g/mol. The minimum atomic E-state index is -0.243. The first kappa shape index (κ1) is 23.2. The van der Waals surface area contributed by atoms with Crippen molar-refractivity contribution in [1.82, 2.24) is 24.4 Å². The average molecular weight is 494 g/mol. The summed E-state index contributed by atoms with van der Waals surface area (Å²) in [5.41, 5.74) is 5.02. The predicted octanol–water partition coefficient (Wildman–Crippen LogP) is 6.27. The van der Waals surface area contributed by atoms with Crippen LogP contribution in [0.4, 0.5) is 15.9 Å². The first-order valence-electron chi connectivity index (χ1n) is 12.8. The Kier molecular flexibility index (Phi) is 6.27. The fourth-order valence-electron chi connectivity index (χ4n) is 5.59. The lowest BCUT2D eigenvalue weighted by molar-refractivity contribution is 0.277. The molecule has 7 nitrogen and oxygen atoms in total. The van der Waals surface area contributed by atoms with Gasteiger partial charge in [0, 0.05) is 23.7 Å². The van der Waals surface area contributed by atoms with Gasteiger partial charge in [-0.15, -0.1) is 0 Å². The minimum absolute atomic E-state index is 0.243. The van der Waals surface area contributed by atoms with Crippen molar-refractivity contribution in [2.75, 3.05) is 5.32 Å². The number of anilines is 2. The van der Waals surface area contributed by atoms with Gasteiger partial charge in [0.1, 0.15) is 17.7 Å². The molecular weight excluding hydrogens is 465 g/mol. The summed E-state index contributed by atoms with van der Waals surface area (Å²) in [5, 5.41) is 22.4. The molecule has 6 rings (SSSR count). The van der Waals surface area contributed by atoms with Crippen LogP contribution in [0.2, 0.25) is 0 Å². The van der Waals surface area contributed by atoms with Gasteiger partial charge in [-0.25, -0.2) is 13.9 Å². The van der Waals surface area contributed by atoms with Crippen molar-refractivity contribution < 1.29 is 4.39 Å². The molecular formula is C29H28FN7. The van der Waals surface area contributed by atoms with Gasteiger partial charge in [0.25, 0.3) is 0 Å². The molecule has 37 heavy (non-hydrogen) atoms. The highest BCUT2D eigenvalue weighted by Gasteiger charge is 2.23. The lowest BCUT2D eigenvalue weighted by atomic mass is 9.78. The molecule has 8 heteroatoms. The molecule has 0 bridgehead atoms. The third-order valence-corrected chi connectivity index (χ3v) is 7.52. The van der Waals surface area contributed by atoms with Crippen molar-refractivity contribution in [3.05, 3.63) is 84.2 Å². The fourth-order valence-corrected chi connectivity index (χ4v) is 5.59. The van der Waals surface area contributed by atoms with Crippen LogP contribution in [0.15, 0.2) is 67.3 Å². The van der Waals surface area contributed by atoms with E-state index in [2.05, 4.69) is 38.7 Å². The van der Waals surface area contributed by atoms with Crippen molar-refractivity contribution in [3.8, 4) is 6.07 Å². The standard InChI is InChI=1S/C29H28FN7/c30-25-3-1-2-22(15-25)18-37-27-9-8-26(16-24(27)17-33-37)35-29-28-23(11-13-36(28)34-19-32-29)14-21-6-4-20(5-7-21)10-12-31/h1-3,8-9,11,13,15-17,19-21H,4-7,10,14,18H2,(H,32,34,35). The van der Waals surface area contributed by atoms with Crippen LogP contribution in [0.3, 0.4) is 0 Å². The molecule has 1 fully saturated rings. The van der Waals surface area contributed by atoms with E-state index in [1.54, 1.807) is 12.4 Å². The summed E-state index contributed by atoms with van der Waals surface area (Å²) in [5.74, 6) is 1.71. The van der Waals surface area contributed by atoms with Crippen molar-refractivity contribution in [1.29, 1.82) is 5.26 Å². The molecule has 1 aliphatic carbocycles. The van der Waals surface area contributed by atoms with Crippen LogP contribution in [0.1, 0.15) is 43.2 Å². The van der Waals surface area contributed by atoms with Gasteiger partial charge in [-0.3, -0.25) is 4.68 Å². The van der Waals surface area contributed by atoms with E-state index in [-0.39, 0.29) is 5.82 Å². The average Bonchev–Trinajstić information content (AvgIpc) is 3.50. The maximum absolute atomic E-state index is 13.6. The zero-order chi connectivity index (χ0) is 25.2. The van der Waals surface area contributed by atoms with Crippen molar-refractivity contribution in [2.45, 2.75) is 45.1 Å². The summed E-state index contributed by atoms with van der Waals surface area (Å²) >= 11 is 0. The number of rotatable bonds is 7. The Balaban J connectivity index is 1.22. The normalized spacial score (nSPS) is 17.7. The number of hydrogen-bond acceptors (Lipinski definition) is 5. The topological polar surface area (TPSA) is 83.8 Å². The molecule has 3 heterocycles. The van der Waals surface area contributed by atoms with Gasteiger partial charge >= 0.3 is 0 Å². The quantitative estimate of drug-likeness (QED) is 0.289. The summed E-state index contributed by atoms with van der Waals surface area (Å²) in [7, 11) is 0. The highest BCUT2D eigenvalue weighted by Crippen LogP contribution is 2.34. The third kappa shape index (κ3) is 4.90. The van der Waals surface area contributed by atoms with E-state index < -0.39 is 0 Å². The van der Waals surface area contributed by atoms with E-state index in [0.717, 1.165) is 65.6 Å². The Labute approximate surface area is 214 Å². The second-order valence-corrected chi connectivity index (χ2v) is 10.0. The van der Waals surface area contributed by atoms with Gasteiger partial charge in [-0.2, -0.15) is 15.5 Å². The Hall–Kier alpha value is -4.25. The number of benzene rings is 2. The van der Waals surface area contributed by atoms with Gasteiger partial charge in [-0.1, -0.05) is 12.1 Å². The predicted molar refractivity (Wildman–Crippen MR) is 141 cm³/mol. The lowest BCUT2D eigenvalue weighted by Gasteiger charge is -2.27. The van der Waals surface area contributed by atoms with Crippen molar-refractivity contribution in [2.24, 2.45) is 11.8 Å². The van der Waals surface area contributed by atoms with E-state index in [4.69, 9.17) is 5.26 Å². The molecule has 1 aliphatic rings. The van der Waals surface area contributed by atoms with Crippen LogP contribution in [0.5, 0.6) is 0 Å². The minimum Gasteiger partial charge on any atom is -0.338 e. The van der Waals surface area contributed by atoms with Gasteiger partial charge in [-0.05, 0) is 91.5 Å². The summed E-state index contributed by atoms with van der Waals surface area (Å²) in [4.78, 5) is 4.58. The molecule has 3 aromatic heterocycles. The van der Waals surface area contributed by atoms with Gasteiger partial charge < -0.3 is 5.32 Å². The van der Waals surface area contributed by atoms with Crippen LogP contribution >= 0.6 is 0 Å². The molecule has 0 amide bonds. The van der Waals surface area contributed by atoms with Crippen molar-refractivity contribution >= 4 is 27.9 Å². The summed E-state index contributed by atoms with van der Waals surface area (Å²) in [6.07, 6.45) is 11.7. The first-order valence-corrected chi connectivity index (χ1v) is 12.8. The van der Waals surface area contributed by atoms with E-state index in [9.17, 15) is 4.39 Å². The highest BCUT2D eigenvalue weighted by molar-refractivity contribution is 5.85. The highest BCUT2D eigenvalue weighted by atomic mass is 19.1. The number of hydrogen-bond donors (Lipinski definition) is 1. The van der Waals surface area contributed by atoms with Crippen LogP contribution in [-0.2, 0) is 13.0 Å². The number of nitrogens with zero attached hydrogens (tertiary/aromatic N) is 6. The van der Waals surface area contributed by atoms with Crippen LogP contribution in [-0.4, -0.2) is 24.4 Å². The molecule has 1 N–H and O–H groups in total. The zero-order valence-corrected chi connectivity index (χ0v) is 20.5. The smallest absolute Gasteiger partial charge is 0.158 e. The Bertz CT molecular complexity index is 1590. The number of nitrogens with one attached hydrogen (secondary N) is 1. The second kappa shape index (κ2) is 10.0. The Morgan fingerprint density at radius 2 is 1.89 bits per heavy atom. The van der Waals surface area contributed by atoms with E-state index in [0.29, 0.717) is 24.8 Å². The SMILES string of the molecule is N#CCC1CCC(Cc2ccn3ncnc(Nc4ccc5c(cnn5Cc5cccc(F)c5)c4)c23)CC1. The second-order valence-electron chi connectivity index (χ2n) is 10.0. The van der Waals surface area contributed by atoms with E-state index >= 15 is 0 Å². The third-order valence-electron chi connectivity index (χ3n) is 7.52. The Morgan fingerprint density at radius 1 is 1.03 bits per heavy atom. The summed E-state index contributed by atoms with van der Waals surface area (Å²) in [6, 6.07) is 17.2. The molecule has 0 aliphatic heterocycles. The zero-order valence-electron chi connectivity index (χ0n) is 20.5. The largest absolute Gasteiger partial charge is 0.338 e. The van der Waals surface area contributed by atoms with Gasteiger partial charge in [0.15, 0.2) is 5.82 Å². The maximum Gasteiger partial charge on any atom is 0.158 e. The molecule has 0 spiro atoms. The molecule has 2 aromatic carbocycles. The van der Waals surface area contributed by atoms with Crippen LogP contribution in [0.25, 0.3) is 16.4 Å². The van der Waals surface area contributed by atoms with Crippen LogP contribution in [0, 0.1) is 29.0 Å². The van der Waals surface area contributed by atoms with Crippen LogP contribution < -0.4 is 5.32 Å². The summed E-state index contributed by atoms with van der Waals surface area (Å²) < 4.78 is 17.4. The molecule has 5 aromatic rings. The number of fused-ring (bicyclic) bond motifs is 2. The molecule has 186 valence electrons. The summed E-state index contributed by atoms with van der Waals surface area (Å²) in [6.45, 7) is 0.506. The van der Waals surface area contributed by atoms with Gasteiger partial charge in [0.05, 0.1) is 24.3 Å².